The van der Waals surface area contributed by atoms with Gasteiger partial charge in [-0.2, -0.15) is 0 Å². The van der Waals surface area contributed by atoms with Crippen LogP contribution in [0.25, 0.3) is 10.9 Å². The molecule has 114 valence electrons. The highest BCUT2D eigenvalue weighted by Crippen LogP contribution is 2.25. The molecule has 1 aromatic heterocycles. The minimum Gasteiger partial charge on any atom is -0.383 e. The Labute approximate surface area is 133 Å². The van der Waals surface area contributed by atoms with Crippen LogP contribution in [0.5, 0.6) is 0 Å². The number of sulfonamides is 1. The lowest BCUT2D eigenvalue weighted by Gasteiger charge is -2.26. The Morgan fingerprint density at radius 1 is 1.29 bits per heavy atom. The van der Waals surface area contributed by atoms with Crippen LogP contribution in [0.3, 0.4) is 0 Å². The van der Waals surface area contributed by atoms with Gasteiger partial charge in [0.15, 0.2) is 0 Å². The Balaban J connectivity index is 2.22. The number of benzene rings is 1. The molecule has 2 rings (SSSR count). The van der Waals surface area contributed by atoms with Gasteiger partial charge in [-0.1, -0.05) is 15.9 Å². The molecule has 1 heterocycles. The van der Waals surface area contributed by atoms with E-state index in [1.807, 2.05) is 38.1 Å². The summed E-state index contributed by atoms with van der Waals surface area (Å²) in [6.07, 6.45) is 2.89. The molecular weight excluding hydrogens is 354 g/mol. The van der Waals surface area contributed by atoms with Gasteiger partial charge in [0.25, 0.3) is 0 Å². The fraction of sp³-hybridized carbons (Fsp3) is 0.357. The number of rotatable bonds is 5. The van der Waals surface area contributed by atoms with Crippen molar-refractivity contribution in [1.82, 2.24) is 9.71 Å². The lowest BCUT2D eigenvalue weighted by molar-refractivity contribution is 0.476. The molecule has 0 aliphatic carbocycles. The Kier molecular flexibility index (Phi) is 4.55. The molecule has 2 N–H and O–H groups in total. The zero-order chi connectivity index (χ0) is 15.7. The van der Waals surface area contributed by atoms with E-state index in [1.54, 1.807) is 6.20 Å². The molecule has 21 heavy (non-hydrogen) atoms. The van der Waals surface area contributed by atoms with Gasteiger partial charge in [-0.3, -0.25) is 4.98 Å². The SMILES string of the molecule is CC(C)(CNc1ccnc2ccc(Br)cc12)NS(C)(=O)=O. The second-order valence-electron chi connectivity index (χ2n) is 5.63. The van der Waals surface area contributed by atoms with Gasteiger partial charge < -0.3 is 5.32 Å². The summed E-state index contributed by atoms with van der Waals surface area (Å²) in [4.78, 5) is 4.31. The van der Waals surface area contributed by atoms with Gasteiger partial charge in [0, 0.05) is 33.8 Å². The summed E-state index contributed by atoms with van der Waals surface area (Å²) < 4.78 is 26.3. The highest BCUT2D eigenvalue weighted by atomic mass is 79.9. The quantitative estimate of drug-likeness (QED) is 0.847. The van der Waals surface area contributed by atoms with Crippen molar-refractivity contribution < 1.29 is 8.42 Å². The molecule has 0 fully saturated rings. The second-order valence-corrected chi connectivity index (χ2v) is 8.30. The summed E-state index contributed by atoms with van der Waals surface area (Å²) in [7, 11) is -3.25. The molecule has 0 amide bonds. The van der Waals surface area contributed by atoms with Crippen molar-refractivity contribution in [3.8, 4) is 0 Å². The largest absolute Gasteiger partial charge is 0.383 e. The average Bonchev–Trinajstić information content (AvgIpc) is 2.33. The van der Waals surface area contributed by atoms with Gasteiger partial charge in [-0.05, 0) is 38.1 Å². The van der Waals surface area contributed by atoms with Crippen LogP contribution in [-0.2, 0) is 10.0 Å². The van der Waals surface area contributed by atoms with E-state index in [9.17, 15) is 8.42 Å². The highest BCUT2D eigenvalue weighted by Gasteiger charge is 2.22. The number of halogens is 1. The molecule has 1 aromatic carbocycles. The average molecular weight is 372 g/mol. The maximum Gasteiger partial charge on any atom is 0.209 e. The molecule has 0 unspecified atom stereocenters. The van der Waals surface area contributed by atoms with Gasteiger partial charge >= 0.3 is 0 Å². The number of hydrogen-bond donors (Lipinski definition) is 2. The van der Waals surface area contributed by atoms with Crippen molar-refractivity contribution in [2.24, 2.45) is 0 Å². The summed E-state index contributed by atoms with van der Waals surface area (Å²) in [5.74, 6) is 0. The summed E-state index contributed by atoms with van der Waals surface area (Å²) >= 11 is 3.45. The molecule has 0 atom stereocenters. The normalized spacial score (nSPS) is 12.6. The maximum absolute atomic E-state index is 11.4. The number of anilines is 1. The predicted molar refractivity (Wildman–Crippen MR) is 90.0 cm³/mol. The van der Waals surface area contributed by atoms with Gasteiger partial charge in [0.1, 0.15) is 0 Å². The Morgan fingerprint density at radius 2 is 2.00 bits per heavy atom. The minimum absolute atomic E-state index is 0.464. The van der Waals surface area contributed by atoms with E-state index < -0.39 is 15.6 Å². The van der Waals surface area contributed by atoms with Gasteiger partial charge in [0.05, 0.1) is 11.8 Å². The van der Waals surface area contributed by atoms with Crippen LogP contribution in [0.1, 0.15) is 13.8 Å². The van der Waals surface area contributed by atoms with Crippen molar-refractivity contribution >= 4 is 42.5 Å². The third-order valence-corrected chi connectivity index (χ3v) is 4.30. The Morgan fingerprint density at radius 3 is 2.67 bits per heavy atom. The number of fused-ring (bicyclic) bond motifs is 1. The first-order valence-electron chi connectivity index (χ1n) is 6.43. The smallest absolute Gasteiger partial charge is 0.209 e. The highest BCUT2D eigenvalue weighted by molar-refractivity contribution is 9.10. The molecule has 0 bridgehead atoms. The van der Waals surface area contributed by atoms with Crippen LogP contribution in [0.4, 0.5) is 5.69 Å². The number of hydrogen-bond acceptors (Lipinski definition) is 4. The fourth-order valence-corrected chi connectivity index (χ4v) is 3.56. The lowest BCUT2D eigenvalue weighted by Crippen LogP contribution is -2.47. The van der Waals surface area contributed by atoms with Gasteiger partial charge in [-0.25, -0.2) is 13.1 Å². The van der Waals surface area contributed by atoms with E-state index in [0.29, 0.717) is 6.54 Å². The van der Waals surface area contributed by atoms with E-state index in [2.05, 4.69) is 31.0 Å². The molecule has 7 heteroatoms. The van der Waals surface area contributed by atoms with Crippen molar-refractivity contribution in [2.75, 3.05) is 18.1 Å². The van der Waals surface area contributed by atoms with Gasteiger partial charge in [-0.15, -0.1) is 0 Å². The number of nitrogens with one attached hydrogen (secondary N) is 2. The maximum atomic E-state index is 11.4. The predicted octanol–water partition coefficient (Wildman–Crippen LogP) is 2.74. The molecule has 0 aliphatic rings. The van der Waals surface area contributed by atoms with E-state index in [-0.39, 0.29) is 0 Å². The zero-order valence-electron chi connectivity index (χ0n) is 12.1. The summed E-state index contributed by atoms with van der Waals surface area (Å²) in [6, 6.07) is 7.74. The third-order valence-electron chi connectivity index (χ3n) is 2.89. The molecule has 0 spiro atoms. The van der Waals surface area contributed by atoms with Crippen LogP contribution in [0, 0.1) is 0 Å². The van der Waals surface area contributed by atoms with E-state index in [4.69, 9.17) is 0 Å². The third kappa shape index (κ3) is 4.66. The van der Waals surface area contributed by atoms with Crippen LogP contribution in [0.2, 0.25) is 0 Å². The first kappa shape index (κ1) is 16.2. The Hall–Kier alpha value is -1.18. The van der Waals surface area contributed by atoms with Crippen molar-refractivity contribution in [1.29, 1.82) is 0 Å². The molecule has 0 aliphatic heterocycles. The van der Waals surface area contributed by atoms with Crippen LogP contribution in [0.15, 0.2) is 34.9 Å². The topological polar surface area (TPSA) is 71.1 Å². The van der Waals surface area contributed by atoms with Crippen LogP contribution >= 0.6 is 15.9 Å². The molecular formula is C14H18BrN3O2S. The van der Waals surface area contributed by atoms with Crippen molar-refractivity contribution in [3.63, 3.8) is 0 Å². The van der Waals surface area contributed by atoms with Gasteiger partial charge in [0.2, 0.25) is 10.0 Å². The number of aromatic nitrogens is 1. The number of pyridine rings is 1. The number of nitrogens with zero attached hydrogens (tertiary/aromatic N) is 1. The van der Waals surface area contributed by atoms with Crippen molar-refractivity contribution in [2.45, 2.75) is 19.4 Å². The second kappa shape index (κ2) is 5.90. The van der Waals surface area contributed by atoms with E-state index >= 15 is 0 Å². The first-order valence-corrected chi connectivity index (χ1v) is 9.12. The summed E-state index contributed by atoms with van der Waals surface area (Å²) in [6.45, 7) is 4.13. The lowest BCUT2D eigenvalue weighted by atomic mass is 10.1. The fourth-order valence-electron chi connectivity index (χ4n) is 2.13. The monoisotopic (exact) mass is 371 g/mol. The van der Waals surface area contributed by atoms with E-state index in [1.165, 1.54) is 0 Å². The summed E-state index contributed by atoms with van der Waals surface area (Å²) in [5.41, 5.74) is 1.22. The molecule has 0 saturated heterocycles. The molecule has 0 radical (unpaired) electrons. The Bertz CT molecular complexity index is 760. The molecule has 2 aromatic rings. The van der Waals surface area contributed by atoms with Crippen LogP contribution < -0.4 is 10.0 Å². The van der Waals surface area contributed by atoms with Crippen LogP contribution in [-0.4, -0.2) is 31.7 Å². The standard InChI is InChI=1S/C14H18BrN3O2S/c1-14(2,18-21(3,19)20)9-17-13-6-7-16-12-5-4-10(15)8-11(12)13/h4-8,18H,9H2,1-3H3,(H,16,17). The molecule has 0 saturated carbocycles. The van der Waals surface area contributed by atoms with Crippen molar-refractivity contribution in [3.05, 3.63) is 34.9 Å². The molecule has 5 nitrogen and oxygen atoms in total. The van der Waals surface area contributed by atoms with E-state index in [0.717, 1.165) is 27.3 Å². The minimum atomic E-state index is -3.25. The summed E-state index contributed by atoms with van der Waals surface area (Å²) in [5, 5.41) is 4.28. The first-order chi connectivity index (χ1) is 9.66. The zero-order valence-corrected chi connectivity index (χ0v) is 14.5.